The Hall–Kier alpha value is -2.42. The Kier molecular flexibility index (Phi) is 2.98. The largest absolute Gasteiger partial charge is 0.369 e. The summed E-state index contributed by atoms with van der Waals surface area (Å²) in [5, 5.41) is 8.72. The van der Waals surface area contributed by atoms with E-state index in [1.54, 1.807) is 6.07 Å². The molecule has 0 radical (unpaired) electrons. The Labute approximate surface area is 103 Å². The first-order chi connectivity index (χ1) is 8.54. The predicted octanol–water partition coefficient (Wildman–Crippen LogP) is 0.536. The van der Waals surface area contributed by atoms with Crippen LogP contribution in [0.1, 0.15) is 12.0 Å². The van der Waals surface area contributed by atoms with E-state index in [0.29, 0.717) is 0 Å². The molecule has 2 amide bonds. The molecule has 1 aliphatic heterocycles. The molecule has 1 fully saturated rings. The molecule has 0 aliphatic carbocycles. The second-order valence-electron chi connectivity index (χ2n) is 4.06. The Morgan fingerprint density at radius 2 is 2.28 bits per heavy atom. The molecule has 1 aromatic carbocycles. The van der Waals surface area contributed by atoms with Crippen molar-refractivity contribution in [2.24, 2.45) is 11.7 Å². The molecule has 5 nitrogen and oxygen atoms in total. The monoisotopic (exact) mass is 247 g/mol. The van der Waals surface area contributed by atoms with E-state index >= 15 is 0 Å². The number of hydrogen-bond acceptors (Lipinski definition) is 3. The van der Waals surface area contributed by atoms with E-state index in [0.717, 1.165) is 4.90 Å². The number of nitriles is 1. The smallest absolute Gasteiger partial charge is 0.227 e. The highest BCUT2D eigenvalue weighted by Crippen LogP contribution is 2.28. The maximum Gasteiger partial charge on any atom is 0.227 e. The van der Waals surface area contributed by atoms with E-state index in [2.05, 4.69) is 0 Å². The molecular weight excluding hydrogens is 237 g/mol. The van der Waals surface area contributed by atoms with Gasteiger partial charge in [-0.3, -0.25) is 9.59 Å². The summed E-state index contributed by atoms with van der Waals surface area (Å²) >= 11 is 0. The van der Waals surface area contributed by atoms with Crippen molar-refractivity contribution < 1.29 is 14.0 Å². The lowest BCUT2D eigenvalue weighted by Crippen LogP contribution is -2.29. The van der Waals surface area contributed by atoms with Crippen molar-refractivity contribution in [3.8, 4) is 6.07 Å². The number of primary amides is 1. The summed E-state index contributed by atoms with van der Waals surface area (Å²) in [4.78, 5) is 23.9. The van der Waals surface area contributed by atoms with Crippen molar-refractivity contribution >= 4 is 17.5 Å². The summed E-state index contributed by atoms with van der Waals surface area (Å²) < 4.78 is 13.9. The zero-order valence-corrected chi connectivity index (χ0v) is 9.39. The van der Waals surface area contributed by atoms with Crippen LogP contribution in [0.15, 0.2) is 18.2 Å². The van der Waals surface area contributed by atoms with Crippen LogP contribution < -0.4 is 10.6 Å². The third-order valence-corrected chi connectivity index (χ3v) is 2.92. The Morgan fingerprint density at radius 1 is 1.56 bits per heavy atom. The number of nitrogens with two attached hydrogens (primary N) is 1. The fourth-order valence-electron chi connectivity index (χ4n) is 1.95. The molecule has 0 saturated carbocycles. The van der Waals surface area contributed by atoms with Gasteiger partial charge in [0, 0.05) is 13.0 Å². The maximum atomic E-state index is 13.9. The van der Waals surface area contributed by atoms with Gasteiger partial charge < -0.3 is 10.6 Å². The van der Waals surface area contributed by atoms with Crippen molar-refractivity contribution in [3.05, 3.63) is 29.6 Å². The zero-order valence-electron chi connectivity index (χ0n) is 9.39. The van der Waals surface area contributed by atoms with Crippen LogP contribution in [0.3, 0.4) is 0 Å². The van der Waals surface area contributed by atoms with Crippen molar-refractivity contribution in [1.29, 1.82) is 5.26 Å². The van der Waals surface area contributed by atoms with Gasteiger partial charge in [0.1, 0.15) is 6.07 Å². The van der Waals surface area contributed by atoms with E-state index in [4.69, 9.17) is 11.0 Å². The minimum atomic E-state index is -0.751. The summed E-state index contributed by atoms with van der Waals surface area (Å²) in [6.07, 6.45) is -0.0223. The normalized spacial score (nSPS) is 18.8. The van der Waals surface area contributed by atoms with Crippen LogP contribution in [0.2, 0.25) is 0 Å². The van der Waals surface area contributed by atoms with Gasteiger partial charge in [0.2, 0.25) is 11.8 Å². The van der Waals surface area contributed by atoms with Crippen LogP contribution >= 0.6 is 0 Å². The van der Waals surface area contributed by atoms with Crippen molar-refractivity contribution in [1.82, 2.24) is 0 Å². The molecule has 18 heavy (non-hydrogen) atoms. The molecule has 1 heterocycles. The lowest BCUT2D eigenvalue weighted by Gasteiger charge is -2.17. The van der Waals surface area contributed by atoms with E-state index in [9.17, 15) is 14.0 Å². The fraction of sp³-hybridized carbons (Fsp3) is 0.250. The lowest BCUT2D eigenvalue weighted by atomic mass is 10.1. The van der Waals surface area contributed by atoms with Gasteiger partial charge in [0.15, 0.2) is 5.82 Å². The van der Waals surface area contributed by atoms with E-state index in [1.165, 1.54) is 18.2 Å². The van der Waals surface area contributed by atoms with E-state index in [1.807, 2.05) is 0 Å². The Bertz CT molecular complexity index is 565. The number of halogens is 1. The molecule has 92 valence electrons. The molecule has 1 saturated heterocycles. The molecule has 0 spiro atoms. The molecule has 1 aliphatic rings. The van der Waals surface area contributed by atoms with Gasteiger partial charge in [-0.1, -0.05) is 6.07 Å². The van der Waals surface area contributed by atoms with Gasteiger partial charge in [-0.15, -0.1) is 0 Å². The van der Waals surface area contributed by atoms with Crippen LogP contribution in [0.4, 0.5) is 10.1 Å². The number of nitrogens with zero attached hydrogens (tertiary/aromatic N) is 2. The highest BCUT2D eigenvalue weighted by Gasteiger charge is 2.35. The van der Waals surface area contributed by atoms with Crippen molar-refractivity contribution in [2.45, 2.75) is 6.42 Å². The Morgan fingerprint density at radius 3 is 2.83 bits per heavy atom. The average molecular weight is 247 g/mol. The summed E-state index contributed by atoms with van der Waals surface area (Å²) in [6, 6.07) is 5.92. The molecule has 2 rings (SSSR count). The van der Waals surface area contributed by atoms with Gasteiger partial charge in [0.25, 0.3) is 0 Å². The first-order valence-electron chi connectivity index (χ1n) is 5.33. The second-order valence-corrected chi connectivity index (χ2v) is 4.06. The van der Waals surface area contributed by atoms with Crippen LogP contribution in [0, 0.1) is 23.1 Å². The lowest BCUT2D eigenvalue weighted by molar-refractivity contribution is -0.123. The maximum absolute atomic E-state index is 13.9. The van der Waals surface area contributed by atoms with Crippen molar-refractivity contribution in [3.63, 3.8) is 0 Å². The minimum absolute atomic E-state index is 0.0165. The zero-order chi connectivity index (χ0) is 13.3. The van der Waals surface area contributed by atoms with Crippen LogP contribution in [0.5, 0.6) is 0 Å². The van der Waals surface area contributed by atoms with Gasteiger partial charge in [-0.2, -0.15) is 5.26 Å². The average Bonchev–Trinajstić information content (AvgIpc) is 2.72. The third-order valence-electron chi connectivity index (χ3n) is 2.92. The van der Waals surface area contributed by atoms with Gasteiger partial charge in [0.05, 0.1) is 17.2 Å². The van der Waals surface area contributed by atoms with E-state index < -0.39 is 17.6 Å². The van der Waals surface area contributed by atoms with Crippen LogP contribution in [0.25, 0.3) is 0 Å². The second kappa shape index (κ2) is 4.45. The first-order valence-corrected chi connectivity index (χ1v) is 5.33. The standard InChI is InChI=1S/C12H10FN3O2/c13-11-7(5-14)2-1-3-9(11)16-6-8(12(15)18)4-10(16)17/h1-3,8H,4,6H2,(H2,15,18). The van der Waals surface area contributed by atoms with Gasteiger partial charge in [-0.25, -0.2) is 4.39 Å². The Balaban J connectivity index is 2.36. The summed E-state index contributed by atoms with van der Waals surface area (Å²) in [5.74, 6) is -2.31. The first kappa shape index (κ1) is 12.0. The summed E-state index contributed by atoms with van der Waals surface area (Å²) in [5.41, 5.74) is 5.01. The highest BCUT2D eigenvalue weighted by molar-refractivity contribution is 6.00. The molecule has 6 heteroatoms. The van der Waals surface area contributed by atoms with Gasteiger partial charge in [-0.05, 0) is 12.1 Å². The molecular formula is C12H10FN3O2. The highest BCUT2D eigenvalue weighted by atomic mass is 19.1. The number of rotatable bonds is 2. The number of amides is 2. The van der Waals surface area contributed by atoms with Crippen molar-refractivity contribution in [2.75, 3.05) is 11.4 Å². The molecule has 1 unspecified atom stereocenters. The minimum Gasteiger partial charge on any atom is -0.369 e. The molecule has 2 N–H and O–H groups in total. The number of carbonyl (C=O) groups is 2. The van der Waals surface area contributed by atoms with Gasteiger partial charge >= 0.3 is 0 Å². The van der Waals surface area contributed by atoms with Crippen LogP contribution in [-0.2, 0) is 9.59 Å². The number of carbonyl (C=O) groups excluding carboxylic acids is 2. The number of hydrogen-bond donors (Lipinski definition) is 1. The quantitative estimate of drug-likeness (QED) is 0.827. The SMILES string of the molecule is N#Cc1cccc(N2CC(C(N)=O)CC2=O)c1F. The molecule has 1 aromatic rings. The van der Waals surface area contributed by atoms with E-state index in [-0.39, 0.29) is 30.1 Å². The summed E-state index contributed by atoms with van der Waals surface area (Å²) in [7, 11) is 0. The number of benzene rings is 1. The predicted molar refractivity (Wildman–Crippen MR) is 60.8 cm³/mol. The molecule has 1 atom stereocenters. The molecule has 0 aromatic heterocycles. The fourth-order valence-corrected chi connectivity index (χ4v) is 1.95. The summed E-state index contributed by atoms with van der Waals surface area (Å²) in [6.45, 7) is 0.0555. The number of anilines is 1. The molecule has 0 bridgehead atoms. The third kappa shape index (κ3) is 1.91. The topological polar surface area (TPSA) is 87.2 Å². The van der Waals surface area contributed by atoms with Crippen LogP contribution in [-0.4, -0.2) is 18.4 Å².